The zero-order valence-corrected chi connectivity index (χ0v) is 11.0. The zero-order chi connectivity index (χ0) is 16.2. The van der Waals surface area contributed by atoms with E-state index in [2.05, 4.69) is 0 Å². The van der Waals surface area contributed by atoms with Crippen molar-refractivity contribution in [3.8, 4) is 23.0 Å². The van der Waals surface area contributed by atoms with Crippen LogP contribution in [0.5, 0.6) is 23.0 Å². The van der Waals surface area contributed by atoms with Crippen molar-refractivity contribution in [2.75, 3.05) is 4.90 Å². The molecule has 5 nitrogen and oxygen atoms in total. The number of anilines is 2. The van der Waals surface area contributed by atoms with Crippen LogP contribution in [0.25, 0.3) is 0 Å². The monoisotopic (exact) mass is 311 g/mol. The maximum Gasteiger partial charge on any atom is 0.228 e. The third kappa shape index (κ3) is 1.84. The number of nitrogens with zero attached hydrogens (tertiary/aromatic N) is 1. The van der Waals surface area contributed by atoms with Gasteiger partial charge >= 0.3 is 0 Å². The summed E-state index contributed by atoms with van der Waals surface area (Å²) in [7, 11) is 0. The molecule has 0 aromatic heterocycles. The quantitative estimate of drug-likeness (QED) is 0.783. The van der Waals surface area contributed by atoms with Crippen molar-refractivity contribution in [2.24, 2.45) is 0 Å². The lowest BCUT2D eigenvalue weighted by Crippen LogP contribution is -2.26. The highest BCUT2D eigenvalue weighted by atomic mass is 19.1. The molecule has 2 aromatic carbocycles. The van der Waals surface area contributed by atoms with Gasteiger partial charge in [-0.25, -0.2) is 8.78 Å². The first kappa shape index (κ1) is 14.1. The molecule has 0 fully saturated rings. The Hall–Kier alpha value is -2.90. The molecule has 0 aliphatic carbocycles. The van der Waals surface area contributed by atoms with E-state index in [-0.39, 0.29) is 17.1 Å². The number of hydrogen-bond donors (Lipinski definition) is 2. The Morgan fingerprint density at radius 3 is 2.36 bits per heavy atom. The number of phenolic OH excluding ortho intramolecular Hbond substituents is 2. The Morgan fingerprint density at radius 2 is 1.73 bits per heavy atom. The van der Waals surface area contributed by atoms with Crippen molar-refractivity contribution in [1.29, 1.82) is 0 Å². The number of aromatic hydroxyl groups is 2. The van der Waals surface area contributed by atoms with Crippen molar-refractivity contribution in [1.82, 2.24) is 0 Å². The van der Waals surface area contributed by atoms with Crippen LogP contribution in [0.15, 0.2) is 18.2 Å². The van der Waals surface area contributed by atoms with Crippen molar-refractivity contribution >= 4 is 17.3 Å². The van der Waals surface area contributed by atoms with Gasteiger partial charge in [-0.05, 0) is 0 Å². The second-order valence-electron chi connectivity index (χ2n) is 4.60. The summed E-state index contributed by atoms with van der Waals surface area (Å²) in [6, 6.07) is 2.35. The zero-order valence-electron chi connectivity index (χ0n) is 11.0. The van der Waals surface area contributed by atoms with Crippen LogP contribution >= 0.6 is 0 Å². The number of carbonyl (C=O) groups excluding carboxylic acids is 1. The minimum absolute atomic E-state index is 0.125. The summed E-state index contributed by atoms with van der Waals surface area (Å²) in [6.45, 7) is 1.10. The summed E-state index contributed by atoms with van der Waals surface area (Å²) in [4.78, 5) is 12.6. The molecule has 1 aliphatic rings. The summed E-state index contributed by atoms with van der Waals surface area (Å²) < 4.78 is 46.1. The molecule has 0 spiro atoms. The molecule has 0 atom stereocenters. The molecule has 1 aliphatic heterocycles. The average Bonchev–Trinajstić information content (AvgIpc) is 2.45. The van der Waals surface area contributed by atoms with E-state index in [1.54, 1.807) is 0 Å². The van der Waals surface area contributed by atoms with Gasteiger partial charge in [0.1, 0.15) is 0 Å². The van der Waals surface area contributed by atoms with E-state index >= 15 is 0 Å². The largest absolute Gasteiger partial charge is 0.505 e. The Kier molecular flexibility index (Phi) is 2.91. The third-order valence-electron chi connectivity index (χ3n) is 3.17. The standard InChI is InChI=1S/C14H8F3NO4/c1-5(19)18-8-2-6(15)10(20)4-11(8)22-14-9(18)3-7(16)13(21)12(14)17/h2-4,20-21H,1H3. The number of amides is 1. The van der Waals surface area contributed by atoms with Crippen LogP contribution < -0.4 is 9.64 Å². The van der Waals surface area contributed by atoms with E-state index in [9.17, 15) is 28.2 Å². The fraction of sp³-hybridized carbons (Fsp3) is 0.0714. The number of hydrogen-bond acceptors (Lipinski definition) is 4. The Bertz CT molecular complexity index is 822. The van der Waals surface area contributed by atoms with Gasteiger partial charge in [0, 0.05) is 25.1 Å². The summed E-state index contributed by atoms with van der Waals surface area (Å²) in [5, 5.41) is 18.6. The van der Waals surface area contributed by atoms with Crippen LogP contribution in [-0.2, 0) is 4.79 Å². The van der Waals surface area contributed by atoms with E-state index in [0.29, 0.717) is 6.07 Å². The van der Waals surface area contributed by atoms with E-state index in [1.165, 1.54) is 0 Å². The van der Waals surface area contributed by atoms with Gasteiger partial charge in [-0.3, -0.25) is 9.69 Å². The van der Waals surface area contributed by atoms with Crippen LogP contribution in [0.1, 0.15) is 6.92 Å². The topological polar surface area (TPSA) is 70.0 Å². The summed E-state index contributed by atoms with van der Waals surface area (Å²) in [5.41, 5.74) is -0.447. The number of ether oxygens (including phenoxy) is 1. The third-order valence-corrected chi connectivity index (χ3v) is 3.17. The van der Waals surface area contributed by atoms with Crippen LogP contribution in [0.3, 0.4) is 0 Å². The van der Waals surface area contributed by atoms with Crippen LogP contribution in [0, 0.1) is 17.5 Å². The molecular formula is C14H8F3NO4. The lowest BCUT2D eigenvalue weighted by atomic mass is 10.1. The summed E-state index contributed by atoms with van der Waals surface area (Å²) in [6.07, 6.45) is 0. The average molecular weight is 311 g/mol. The second-order valence-corrected chi connectivity index (χ2v) is 4.60. The van der Waals surface area contributed by atoms with Gasteiger partial charge in [0.15, 0.2) is 34.6 Å². The summed E-state index contributed by atoms with van der Waals surface area (Å²) in [5.74, 6) is -7.25. The fourth-order valence-corrected chi connectivity index (χ4v) is 2.21. The maximum absolute atomic E-state index is 14.0. The maximum atomic E-state index is 14.0. The molecule has 114 valence electrons. The minimum atomic E-state index is -1.41. The molecule has 22 heavy (non-hydrogen) atoms. The second kappa shape index (κ2) is 4.55. The molecule has 0 saturated carbocycles. The molecular weight excluding hydrogens is 303 g/mol. The number of halogens is 3. The number of phenols is 2. The van der Waals surface area contributed by atoms with Gasteiger partial charge in [-0.2, -0.15) is 4.39 Å². The number of benzene rings is 2. The van der Waals surface area contributed by atoms with E-state index in [0.717, 1.165) is 24.0 Å². The SMILES string of the molecule is CC(=O)N1c2cc(F)c(O)cc2Oc2c1cc(F)c(O)c2F. The van der Waals surface area contributed by atoms with Gasteiger partial charge in [0.2, 0.25) is 11.7 Å². The Balaban J connectivity index is 2.33. The molecule has 0 unspecified atom stereocenters. The van der Waals surface area contributed by atoms with Gasteiger partial charge in [0.25, 0.3) is 0 Å². The highest BCUT2D eigenvalue weighted by molar-refractivity contribution is 6.03. The first-order chi connectivity index (χ1) is 10.3. The molecule has 2 aromatic rings. The van der Waals surface area contributed by atoms with Crippen LogP contribution in [0.2, 0.25) is 0 Å². The predicted octanol–water partition coefficient (Wildman–Crippen LogP) is 3.31. The highest BCUT2D eigenvalue weighted by Gasteiger charge is 2.33. The van der Waals surface area contributed by atoms with Gasteiger partial charge in [-0.15, -0.1) is 0 Å². The van der Waals surface area contributed by atoms with Gasteiger partial charge < -0.3 is 14.9 Å². The molecule has 1 heterocycles. The number of fused-ring (bicyclic) bond motifs is 2. The molecule has 0 bridgehead atoms. The van der Waals surface area contributed by atoms with E-state index < -0.39 is 40.6 Å². The lowest BCUT2D eigenvalue weighted by molar-refractivity contribution is -0.115. The molecule has 1 amide bonds. The van der Waals surface area contributed by atoms with Crippen molar-refractivity contribution in [3.05, 3.63) is 35.7 Å². The highest BCUT2D eigenvalue weighted by Crippen LogP contribution is 2.51. The molecule has 0 saturated heterocycles. The van der Waals surface area contributed by atoms with Crippen LogP contribution in [-0.4, -0.2) is 16.1 Å². The summed E-state index contributed by atoms with van der Waals surface area (Å²) >= 11 is 0. The Morgan fingerprint density at radius 1 is 1.09 bits per heavy atom. The molecule has 2 N–H and O–H groups in total. The van der Waals surface area contributed by atoms with E-state index in [4.69, 9.17) is 4.74 Å². The van der Waals surface area contributed by atoms with Gasteiger partial charge in [-0.1, -0.05) is 0 Å². The van der Waals surface area contributed by atoms with Gasteiger partial charge in [0.05, 0.1) is 11.4 Å². The van der Waals surface area contributed by atoms with E-state index in [1.807, 2.05) is 0 Å². The number of carbonyl (C=O) groups is 1. The normalized spacial score (nSPS) is 12.5. The van der Waals surface area contributed by atoms with Crippen molar-refractivity contribution in [3.63, 3.8) is 0 Å². The first-order valence-electron chi connectivity index (χ1n) is 6.03. The van der Waals surface area contributed by atoms with Crippen molar-refractivity contribution in [2.45, 2.75) is 6.92 Å². The number of rotatable bonds is 0. The molecule has 0 radical (unpaired) electrons. The molecule has 3 rings (SSSR count). The first-order valence-corrected chi connectivity index (χ1v) is 6.03. The fourth-order valence-electron chi connectivity index (χ4n) is 2.21. The Labute approximate surface area is 121 Å². The smallest absolute Gasteiger partial charge is 0.228 e. The van der Waals surface area contributed by atoms with Crippen LogP contribution in [0.4, 0.5) is 24.5 Å². The predicted molar refractivity (Wildman–Crippen MR) is 69.0 cm³/mol. The lowest BCUT2D eigenvalue weighted by Gasteiger charge is -2.30. The van der Waals surface area contributed by atoms with Crippen molar-refractivity contribution < 1.29 is 32.9 Å². The molecule has 8 heteroatoms. The minimum Gasteiger partial charge on any atom is -0.505 e.